The minimum absolute atomic E-state index is 0.144. The number of nitrogens with two attached hydrogens (primary N) is 1. The minimum Gasteiger partial charge on any atom is -0.379 e. The van der Waals surface area contributed by atoms with Crippen molar-refractivity contribution in [3.05, 3.63) is 0 Å². The van der Waals surface area contributed by atoms with E-state index in [1.165, 1.54) is 11.8 Å². The molecule has 1 aliphatic heterocycles. The summed E-state index contributed by atoms with van der Waals surface area (Å²) in [4.78, 5) is 24.6. The van der Waals surface area contributed by atoms with Crippen LogP contribution in [0.4, 0.5) is 0 Å². The maximum atomic E-state index is 12.1. The number of rotatable bonds is 4. The average molecular weight is 214 g/mol. The lowest BCUT2D eigenvalue weighted by Crippen LogP contribution is -2.56. The number of carbonyl (C=O) groups is 2. The van der Waals surface area contributed by atoms with E-state index in [0.29, 0.717) is 26.2 Å². The van der Waals surface area contributed by atoms with Crippen molar-refractivity contribution in [2.24, 2.45) is 11.1 Å². The van der Waals surface area contributed by atoms with Crippen LogP contribution in [0, 0.1) is 5.41 Å². The van der Waals surface area contributed by atoms with Gasteiger partial charge in [0.15, 0.2) is 0 Å². The first kappa shape index (κ1) is 12.1. The second kappa shape index (κ2) is 4.72. The van der Waals surface area contributed by atoms with Crippen molar-refractivity contribution < 1.29 is 14.3 Å². The lowest BCUT2D eigenvalue weighted by Gasteiger charge is -2.41. The van der Waals surface area contributed by atoms with E-state index < -0.39 is 5.41 Å². The van der Waals surface area contributed by atoms with Gasteiger partial charge in [-0.1, -0.05) is 6.92 Å². The monoisotopic (exact) mass is 214 g/mol. The fraction of sp³-hybridized carbons (Fsp3) is 0.800. The Balaban J connectivity index is 2.74. The van der Waals surface area contributed by atoms with Gasteiger partial charge in [-0.2, -0.15) is 0 Å². The molecule has 0 aromatic heterocycles. The summed E-state index contributed by atoms with van der Waals surface area (Å²) in [5, 5.41) is 0. The van der Waals surface area contributed by atoms with Crippen LogP contribution in [0.15, 0.2) is 0 Å². The SMILES string of the molecule is CCC1(C(=O)N(CCN)C(C)=O)COC1. The van der Waals surface area contributed by atoms with Crippen LogP contribution in [0.5, 0.6) is 0 Å². The van der Waals surface area contributed by atoms with E-state index in [2.05, 4.69) is 0 Å². The molecule has 15 heavy (non-hydrogen) atoms. The van der Waals surface area contributed by atoms with Gasteiger partial charge < -0.3 is 10.5 Å². The molecule has 0 saturated carbocycles. The molecule has 1 saturated heterocycles. The summed E-state index contributed by atoms with van der Waals surface area (Å²) in [6.45, 7) is 4.73. The maximum Gasteiger partial charge on any atom is 0.240 e. The van der Waals surface area contributed by atoms with Crippen molar-refractivity contribution in [2.45, 2.75) is 20.3 Å². The van der Waals surface area contributed by atoms with Gasteiger partial charge in [0.25, 0.3) is 0 Å². The Kier molecular flexibility index (Phi) is 3.82. The van der Waals surface area contributed by atoms with Crippen LogP contribution in [0.2, 0.25) is 0 Å². The standard InChI is InChI=1S/C10H18N2O3/c1-3-10(6-15-7-10)9(14)12(5-4-11)8(2)13/h3-7,11H2,1-2H3. The first-order valence-electron chi connectivity index (χ1n) is 5.18. The molecule has 2 amide bonds. The minimum atomic E-state index is -0.485. The summed E-state index contributed by atoms with van der Waals surface area (Å²) >= 11 is 0. The van der Waals surface area contributed by atoms with Crippen LogP contribution >= 0.6 is 0 Å². The number of carbonyl (C=O) groups excluding carboxylic acids is 2. The van der Waals surface area contributed by atoms with E-state index in [0.717, 1.165) is 0 Å². The van der Waals surface area contributed by atoms with Crippen molar-refractivity contribution >= 4 is 11.8 Å². The van der Waals surface area contributed by atoms with Gasteiger partial charge >= 0.3 is 0 Å². The molecule has 86 valence electrons. The molecule has 0 aromatic rings. The van der Waals surface area contributed by atoms with Crippen LogP contribution in [0.3, 0.4) is 0 Å². The van der Waals surface area contributed by atoms with E-state index in [-0.39, 0.29) is 18.4 Å². The van der Waals surface area contributed by atoms with Crippen LogP contribution in [0.25, 0.3) is 0 Å². The first-order chi connectivity index (χ1) is 7.07. The quantitative estimate of drug-likeness (QED) is 0.700. The largest absolute Gasteiger partial charge is 0.379 e. The van der Waals surface area contributed by atoms with Gasteiger partial charge in [0.05, 0.1) is 18.6 Å². The van der Waals surface area contributed by atoms with Gasteiger partial charge in [0.2, 0.25) is 11.8 Å². The zero-order chi connectivity index (χ0) is 11.5. The highest BCUT2D eigenvalue weighted by atomic mass is 16.5. The summed E-state index contributed by atoms with van der Waals surface area (Å²) in [5.74, 6) is -0.389. The van der Waals surface area contributed by atoms with Gasteiger partial charge in [0, 0.05) is 20.0 Å². The second-order valence-electron chi connectivity index (χ2n) is 3.89. The molecule has 1 aliphatic rings. The third-order valence-corrected chi connectivity index (χ3v) is 2.87. The summed E-state index contributed by atoms with van der Waals surface area (Å²) in [6.07, 6.45) is 0.695. The third-order valence-electron chi connectivity index (χ3n) is 2.87. The smallest absolute Gasteiger partial charge is 0.240 e. The molecule has 0 spiro atoms. The molecule has 1 heterocycles. The highest BCUT2D eigenvalue weighted by molar-refractivity contribution is 5.97. The van der Waals surface area contributed by atoms with Crippen LogP contribution in [-0.2, 0) is 14.3 Å². The van der Waals surface area contributed by atoms with Crippen LogP contribution in [-0.4, -0.2) is 43.0 Å². The molecular weight excluding hydrogens is 196 g/mol. The molecule has 0 aliphatic carbocycles. The number of ether oxygens (including phenoxy) is 1. The fourth-order valence-corrected chi connectivity index (χ4v) is 1.64. The predicted molar refractivity (Wildman–Crippen MR) is 55.0 cm³/mol. The normalized spacial score (nSPS) is 18.1. The Morgan fingerprint density at radius 1 is 1.47 bits per heavy atom. The van der Waals surface area contributed by atoms with Crippen molar-refractivity contribution in [2.75, 3.05) is 26.3 Å². The van der Waals surface area contributed by atoms with Crippen molar-refractivity contribution in [1.29, 1.82) is 0 Å². The lowest BCUT2D eigenvalue weighted by molar-refractivity contribution is -0.175. The number of imide groups is 1. The Hall–Kier alpha value is -0.940. The Labute approximate surface area is 89.6 Å². The van der Waals surface area contributed by atoms with Crippen molar-refractivity contribution in [3.63, 3.8) is 0 Å². The first-order valence-corrected chi connectivity index (χ1v) is 5.18. The molecule has 2 N–H and O–H groups in total. The highest BCUT2D eigenvalue weighted by Crippen LogP contribution is 2.33. The summed E-state index contributed by atoms with van der Waals surface area (Å²) in [7, 11) is 0. The van der Waals surface area contributed by atoms with E-state index in [4.69, 9.17) is 10.5 Å². The van der Waals surface area contributed by atoms with E-state index in [1.807, 2.05) is 6.92 Å². The summed E-state index contributed by atoms with van der Waals surface area (Å²) in [5.41, 5.74) is 4.89. The zero-order valence-electron chi connectivity index (χ0n) is 9.28. The second-order valence-corrected chi connectivity index (χ2v) is 3.89. The van der Waals surface area contributed by atoms with E-state index in [1.54, 1.807) is 0 Å². The van der Waals surface area contributed by atoms with E-state index in [9.17, 15) is 9.59 Å². The molecular formula is C10H18N2O3. The Morgan fingerprint density at radius 2 is 2.07 bits per heavy atom. The van der Waals surface area contributed by atoms with Gasteiger partial charge in [-0.3, -0.25) is 14.5 Å². The molecule has 5 nitrogen and oxygen atoms in total. The number of hydrogen-bond acceptors (Lipinski definition) is 4. The summed E-state index contributed by atoms with van der Waals surface area (Å²) in [6, 6.07) is 0. The summed E-state index contributed by atoms with van der Waals surface area (Å²) < 4.78 is 5.07. The molecule has 1 rings (SSSR count). The van der Waals surface area contributed by atoms with Gasteiger partial charge in [-0.15, -0.1) is 0 Å². The van der Waals surface area contributed by atoms with Crippen molar-refractivity contribution in [1.82, 2.24) is 4.90 Å². The zero-order valence-corrected chi connectivity index (χ0v) is 9.28. The molecule has 1 fully saturated rings. The third kappa shape index (κ3) is 2.18. The number of amides is 2. The lowest BCUT2D eigenvalue weighted by atomic mass is 9.81. The van der Waals surface area contributed by atoms with Crippen molar-refractivity contribution in [3.8, 4) is 0 Å². The van der Waals surface area contributed by atoms with Crippen LogP contribution < -0.4 is 5.73 Å². The molecule has 0 unspecified atom stereocenters. The Bertz CT molecular complexity index is 256. The van der Waals surface area contributed by atoms with Gasteiger partial charge in [-0.25, -0.2) is 0 Å². The molecule has 0 bridgehead atoms. The topological polar surface area (TPSA) is 72.6 Å². The van der Waals surface area contributed by atoms with Gasteiger partial charge in [0.1, 0.15) is 0 Å². The molecule has 0 aromatic carbocycles. The predicted octanol–water partition coefficient (Wildman–Crippen LogP) is -0.253. The average Bonchev–Trinajstić information content (AvgIpc) is 2.12. The molecule has 0 radical (unpaired) electrons. The fourth-order valence-electron chi connectivity index (χ4n) is 1.64. The van der Waals surface area contributed by atoms with E-state index >= 15 is 0 Å². The number of hydrogen-bond donors (Lipinski definition) is 1. The Morgan fingerprint density at radius 3 is 2.33 bits per heavy atom. The highest BCUT2D eigenvalue weighted by Gasteiger charge is 2.47. The van der Waals surface area contributed by atoms with Crippen LogP contribution in [0.1, 0.15) is 20.3 Å². The molecule has 5 heteroatoms. The number of nitrogens with zero attached hydrogens (tertiary/aromatic N) is 1. The maximum absolute atomic E-state index is 12.1. The molecule has 0 atom stereocenters. The van der Waals surface area contributed by atoms with Gasteiger partial charge in [-0.05, 0) is 6.42 Å².